The molecule has 3 aromatic rings. The Bertz CT molecular complexity index is 2080. The van der Waals surface area contributed by atoms with Gasteiger partial charge in [-0.1, -0.05) is 26.8 Å². The van der Waals surface area contributed by atoms with Gasteiger partial charge in [0.15, 0.2) is 11.5 Å². The van der Waals surface area contributed by atoms with Gasteiger partial charge >= 0.3 is 12.1 Å². The van der Waals surface area contributed by atoms with Crippen molar-refractivity contribution in [3.63, 3.8) is 0 Å². The number of rotatable bonds is 9. The molecule has 2 unspecified atom stereocenters. The maximum atomic E-state index is 13.5. The Labute approximate surface area is 333 Å². The fraction of sp³-hybridized carbons (Fsp3) is 0.523. The molecule has 1 saturated heterocycles. The van der Waals surface area contributed by atoms with E-state index in [1.54, 1.807) is 31.4 Å². The molecule has 10 rings (SSSR count). The monoisotopic (exact) mass is 785 g/mol. The quantitative estimate of drug-likeness (QED) is 0.172. The van der Waals surface area contributed by atoms with E-state index < -0.39 is 28.7 Å². The van der Waals surface area contributed by atoms with Gasteiger partial charge in [-0.3, -0.25) is 15.0 Å². The number of carbonyl (C=O) groups is 3. The standard InChI is InChI=1S/C44H51N3O8.ClH/c1-40(2,3)41(4,52)32-23-42-18-19-44(32,53-5)38-43(42)20-21-47(24-25-6-7-25)33(42)22-28-12-17-31(35(55-38)34(28)43)54-39(51)46-30-13-8-26(9-14-30)36(48)45-29-15-10-27(11-16-29)37(49)50;/h8-17,25,32-33,38,52H,6-7,18-24H2,1-5H3,(H,45,48)(H,46,51)(H,49,50);1H/t32-,33-,38-,41+,42?,43?,44-;/m1./s1. The fourth-order valence-corrected chi connectivity index (χ4v) is 11.5. The largest absolute Gasteiger partial charge is 0.482 e. The van der Waals surface area contributed by atoms with Gasteiger partial charge in [0.25, 0.3) is 5.91 Å². The minimum atomic E-state index is -1.04. The number of hydrogen-bond donors (Lipinski definition) is 4. The molecule has 2 spiro atoms. The number of benzene rings is 3. The van der Waals surface area contributed by atoms with Crippen molar-refractivity contribution < 1.29 is 38.8 Å². The number of nitrogens with one attached hydrogen (secondary N) is 2. The number of likely N-dealkylation sites (tertiary alicyclic amines) is 1. The number of methoxy groups -OCH3 is 1. The number of anilines is 2. The molecule has 7 aliphatic rings. The van der Waals surface area contributed by atoms with Crippen molar-refractivity contribution in [2.75, 3.05) is 30.8 Å². The van der Waals surface area contributed by atoms with Gasteiger partial charge in [-0.2, -0.15) is 0 Å². The number of hydrogen-bond acceptors (Lipinski definition) is 8. The van der Waals surface area contributed by atoms with Crippen LogP contribution in [-0.2, 0) is 16.6 Å². The summed E-state index contributed by atoms with van der Waals surface area (Å²) < 4.78 is 20.0. The lowest BCUT2D eigenvalue weighted by Gasteiger charge is -2.75. The Morgan fingerprint density at radius 3 is 2.20 bits per heavy atom. The van der Waals surface area contributed by atoms with Gasteiger partial charge in [-0.25, -0.2) is 9.59 Å². The second kappa shape index (κ2) is 13.2. The molecule has 56 heavy (non-hydrogen) atoms. The van der Waals surface area contributed by atoms with Gasteiger partial charge in [0.05, 0.1) is 11.2 Å². The molecule has 4 N–H and O–H groups in total. The fourth-order valence-electron chi connectivity index (χ4n) is 11.5. The van der Waals surface area contributed by atoms with Crippen LogP contribution in [0.4, 0.5) is 16.2 Å². The number of carboxylic acid groups (broad SMARTS) is 1. The Hall–Kier alpha value is -4.16. The second-order valence-corrected chi connectivity index (χ2v) is 18.2. The van der Waals surface area contributed by atoms with Crippen LogP contribution in [0.3, 0.4) is 0 Å². The highest BCUT2D eigenvalue weighted by Crippen LogP contribution is 2.78. The smallest absolute Gasteiger partial charge is 0.417 e. The zero-order valence-electron chi connectivity index (χ0n) is 32.6. The molecule has 11 nitrogen and oxygen atoms in total. The lowest BCUT2D eigenvalue weighted by atomic mass is 9.33. The topological polar surface area (TPSA) is 147 Å². The van der Waals surface area contributed by atoms with Crippen molar-refractivity contribution in [3.05, 3.63) is 82.9 Å². The van der Waals surface area contributed by atoms with Crippen molar-refractivity contribution in [2.45, 2.75) is 101 Å². The van der Waals surface area contributed by atoms with E-state index in [2.05, 4.69) is 42.4 Å². The van der Waals surface area contributed by atoms with E-state index in [-0.39, 0.29) is 46.7 Å². The van der Waals surface area contributed by atoms with Crippen molar-refractivity contribution in [1.82, 2.24) is 4.90 Å². The van der Waals surface area contributed by atoms with Crippen LogP contribution >= 0.6 is 12.4 Å². The molecule has 0 aromatic heterocycles. The summed E-state index contributed by atoms with van der Waals surface area (Å²) in [7, 11) is 1.79. The predicted molar refractivity (Wildman–Crippen MR) is 213 cm³/mol. The zero-order valence-corrected chi connectivity index (χ0v) is 33.5. The summed E-state index contributed by atoms with van der Waals surface area (Å²) in [6, 6.07) is 16.7. The maximum Gasteiger partial charge on any atom is 0.417 e. The van der Waals surface area contributed by atoms with Crippen LogP contribution in [-0.4, -0.2) is 76.6 Å². The zero-order chi connectivity index (χ0) is 38.7. The van der Waals surface area contributed by atoms with Crippen LogP contribution in [0.1, 0.15) is 98.1 Å². The highest BCUT2D eigenvalue weighted by Gasteiger charge is 2.82. The lowest BCUT2D eigenvalue weighted by molar-refractivity contribution is -0.312. The van der Waals surface area contributed by atoms with Crippen LogP contribution < -0.4 is 20.1 Å². The molecule has 2 amide bonds. The number of aromatic carboxylic acids is 1. The summed E-state index contributed by atoms with van der Waals surface area (Å²) in [5, 5.41) is 27.2. The lowest BCUT2D eigenvalue weighted by Crippen LogP contribution is -2.83. The average molecular weight is 786 g/mol. The third-order valence-corrected chi connectivity index (χ3v) is 14.8. The number of nitrogens with zero attached hydrogens (tertiary/aromatic N) is 1. The molecule has 2 aliphatic heterocycles. The number of ether oxygens (including phenoxy) is 3. The Kier molecular flexibility index (Phi) is 9.12. The van der Waals surface area contributed by atoms with Crippen LogP contribution in [0, 0.1) is 22.7 Å². The molecule has 5 aliphatic carbocycles. The minimum absolute atomic E-state index is 0. The normalized spacial score (nSPS) is 30.6. The molecule has 2 heterocycles. The summed E-state index contributed by atoms with van der Waals surface area (Å²) in [5.74, 6) is 0.177. The number of aliphatic hydroxyl groups is 1. The SMILES string of the molecule is CO[C@]12CCC3(C[C@@H]1[C@](C)(O)C(C)(C)C)[C@H]1Cc4ccc(OC(=O)Nc5ccc(C(=O)Nc6ccc(C(=O)O)cc6)cc5)c5c4C3(CCN1CC1CC1)[C@H]2O5.Cl. The number of fused-ring (bicyclic) bond motifs is 2. The van der Waals surface area contributed by atoms with Crippen LogP contribution in [0.15, 0.2) is 60.7 Å². The number of halogens is 1. The molecule has 5 fully saturated rings. The maximum absolute atomic E-state index is 13.5. The molecule has 3 aromatic carbocycles. The van der Waals surface area contributed by atoms with E-state index >= 15 is 0 Å². The first-order valence-corrected chi connectivity index (χ1v) is 19.7. The van der Waals surface area contributed by atoms with Gasteiger partial charge in [-0.05, 0) is 130 Å². The third kappa shape index (κ3) is 5.51. The van der Waals surface area contributed by atoms with Crippen molar-refractivity contribution in [1.29, 1.82) is 0 Å². The van der Waals surface area contributed by atoms with Crippen LogP contribution in [0.5, 0.6) is 11.5 Å². The van der Waals surface area contributed by atoms with E-state index in [9.17, 15) is 19.5 Å². The molecule has 12 heteroatoms. The number of carbonyl (C=O) groups excluding carboxylic acids is 2. The Balaban J connectivity index is 0.00000441. The van der Waals surface area contributed by atoms with Gasteiger partial charge in [0.1, 0.15) is 11.7 Å². The first kappa shape index (κ1) is 38.7. The molecule has 4 saturated carbocycles. The third-order valence-electron chi connectivity index (χ3n) is 14.8. The van der Waals surface area contributed by atoms with Crippen molar-refractivity contribution in [2.24, 2.45) is 22.7 Å². The Morgan fingerprint density at radius 1 is 0.911 bits per heavy atom. The van der Waals surface area contributed by atoms with Crippen molar-refractivity contribution >= 4 is 41.8 Å². The highest BCUT2D eigenvalue weighted by molar-refractivity contribution is 6.04. The first-order valence-electron chi connectivity index (χ1n) is 19.7. The van der Waals surface area contributed by atoms with E-state index in [1.165, 1.54) is 48.2 Å². The molecule has 298 valence electrons. The average Bonchev–Trinajstić information content (AvgIpc) is 3.90. The summed E-state index contributed by atoms with van der Waals surface area (Å²) in [4.78, 5) is 40.3. The number of amides is 2. The van der Waals surface area contributed by atoms with E-state index in [0.717, 1.165) is 51.1 Å². The first-order chi connectivity index (χ1) is 26.1. The summed E-state index contributed by atoms with van der Waals surface area (Å²) in [6.45, 7) is 10.5. The summed E-state index contributed by atoms with van der Waals surface area (Å²) in [6.07, 6.45) is 6.07. The number of piperidine rings is 1. The van der Waals surface area contributed by atoms with Gasteiger partial charge < -0.3 is 29.7 Å². The van der Waals surface area contributed by atoms with Crippen molar-refractivity contribution in [3.8, 4) is 11.5 Å². The van der Waals surface area contributed by atoms with Gasteiger partial charge in [0, 0.05) is 58.9 Å². The molecular formula is C44H52ClN3O8. The van der Waals surface area contributed by atoms with Crippen LogP contribution in [0.25, 0.3) is 0 Å². The summed E-state index contributed by atoms with van der Waals surface area (Å²) >= 11 is 0. The highest BCUT2D eigenvalue weighted by atomic mass is 35.5. The number of carboxylic acids is 1. The molecular weight excluding hydrogens is 734 g/mol. The molecule has 4 bridgehead atoms. The Morgan fingerprint density at radius 2 is 1.57 bits per heavy atom. The van der Waals surface area contributed by atoms with Gasteiger partial charge in [-0.15, -0.1) is 12.4 Å². The van der Waals surface area contributed by atoms with E-state index in [0.29, 0.717) is 34.5 Å². The van der Waals surface area contributed by atoms with E-state index in [4.69, 9.17) is 19.3 Å². The van der Waals surface area contributed by atoms with E-state index in [1.807, 2.05) is 13.0 Å². The summed E-state index contributed by atoms with van der Waals surface area (Å²) in [5.41, 5.74) is 1.21. The predicted octanol–water partition coefficient (Wildman–Crippen LogP) is 7.69. The molecule has 7 atom stereocenters. The van der Waals surface area contributed by atoms with Crippen LogP contribution in [0.2, 0.25) is 0 Å². The minimum Gasteiger partial charge on any atom is -0.482 e. The second-order valence-electron chi connectivity index (χ2n) is 18.2. The van der Waals surface area contributed by atoms with Gasteiger partial charge in [0.2, 0.25) is 0 Å². The molecule has 0 radical (unpaired) electrons.